The summed E-state index contributed by atoms with van der Waals surface area (Å²) in [6.45, 7) is 0. The molecule has 0 saturated heterocycles. The highest BCUT2D eigenvalue weighted by Crippen LogP contribution is 2.51. The van der Waals surface area contributed by atoms with Crippen LogP contribution in [-0.4, -0.2) is 5.78 Å². The molecule has 0 unspecified atom stereocenters. The molecule has 5 aromatic rings. The maximum absolute atomic E-state index is 13.8. The predicted octanol–water partition coefficient (Wildman–Crippen LogP) is 7.42. The number of benzene rings is 5. The third-order valence-electron chi connectivity index (χ3n) is 6.58. The molecule has 152 valence electrons. The zero-order chi connectivity index (χ0) is 21.7. The Labute approximate surface area is 191 Å². The Morgan fingerprint density at radius 1 is 0.531 bits per heavy atom. The maximum Gasteiger partial charge on any atom is 0.193 e. The average Bonchev–Trinajstić information content (AvgIpc) is 2.85. The summed E-state index contributed by atoms with van der Waals surface area (Å²) >= 11 is 6.40. The SMILES string of the molecule is O=C1c2cc(Cl)ccc2C(c2ccccc2)(c2ccccc2)c2cc3ccccc3cc21. The lowest BCUT2D eigenvalue weighted by Crippen LogP contribution is -2.38. The van der Waals surface area contributed by atoms with Gasteiger partial charge in [-0.3, -0.25) is 4.79 Å². The number of halogens is 1. The molecule has 0 aliphatic heterocycles. The van der Waals surface area contributed by atoms with Crippen molar-refractivity contribution in [2.45, 2.75) is 5.41 Å². The molecule has 6 rings (SSSR count). The van der Waals surface area contributed by atoms with Gasteiger partial charge in [0.05, 0.1) is 5.41 Å². The van der Waals surface area contributed by atoms with Crippen molar-refractivity contribution in [1.82, 2.24) is 0 Å². The zero-order valence-electron chi connectivity index (χ0n) is 17.3. The largest absolute Gasteiger partial charge is 0.289 e. The second-order valence-electron chi connectivity index (χ2n) is 8.25. The van der Waals surface area contributed by atoms with Crippen molar-refractivity contribution in [3.05, 3.63) is 154 Å². The molecule has 0 spiro atoms. The fourth-order valence-corrected chi connectivity index (χ4v) is 5.40. The number of rotatable bonds is 2. The first kappa shape index (κ1) is 19.0. The van der Waals surface area contributed by atoms with E-state index in [2.05, 4.69) is 66.7 Å². The van der Waals surface area contributed by atoms with Crippen molar-refractivity contribution < 1.29 is 4.79 Å². The van der Waals surface area contributed by atoms with Gasteiger partial charge < -0.3 is 0 Å². The molecular formula is C30H19ClO. The van der Waals surface area contributed by atoms with E-state index >= 15 is 0 Å². The highest BCUT2D eigenvalue weighted by Gasteiger charge is 2.46. The molecular weight excluding hydrogens is 412 g/mol. The van der Waals surface area contributed by atoms with Crippen molar-refractivity contribution in [1.29, 1.82) is 0 Å². The molecule has 0 atom stereocenters. The third-order valence-corrected chi connectivity index (χ3v) is 6.81. The Hall–Kier alpha value is -3.68. The fraction of sp³-hybridized carbons (Fsp3) is 0.0333. The number of hydrogen-bond acceptors (Lipinski definition) is 1. The molecule has 5 aromatic carbocycles. The summed E-state index contributed by atoms with van der Waals surface area (Å²) in [6, 6.07) is 39.1. The molecule has 0 saturated carbocycles. The van der Waals surface area contributed by atoms with Crippen LogP contribution in [0.4, 0.5) is 0 Å². The van der Waals surface area contributed by atoms with Gasteiger partial charge in [-0.25, -0.2) is 0 Å². The number of carbonyl (C=O) groups excluding carboxylic acids is 1. The lowest BCUT2D eigenvalue weighted by Gasteiger charge is -2.42. The molecule has 0 N–H and O–H groups in total. The smallest absolute Gasteiger partial charge is 0.193 e. The van der Waals surface area contributed by atoms with E-state index in [1.807, 2.05) is 48.5 Å². The van der Waals surface area contributed by atoms with Gasteiger partial charge in [0.2, 0.25) is 0 Å². The zero-order valence-corrected chi connectivity index (χ0v) is 18.0. The monoisotopic (exact) mass is 430 g/mol. The molecule has 1 aliphatic carbocycles. The number of ketones is 1. The summed E-state index contributed by atoms with van der Waals surface area (Å²) in [5.74, 6) is 0.0192. The Bertz CT molecular complexity index is 1450. The van der Waals surface area contributed by atoms with E-state index < -0.39 is 5.41 Å². The van der Waals surface area contributed by atoms with Crippen LogP contribution in [0, 0.1) is 0 Å². The van der Waals surface area contributed by atoms with E-state index in [9.17, 15) is 4.79 Å². The first-order valence-electron chi connectivity index (χ1n) is 10.7. The topological polar surface area (TPSA) is 17.1 Å². The summed E-state index contributed by atoms with van der Waals surface area (Å²) in [5, 5.41) is 2.74. The van der Waals surface area contributed by atoms with Crippen LogP contribution in [0.25, 0.3) is 10.8 Å². The van der Waals surface area contributed by atoms with Gasteiger partial charge in [-0.1, -0.05) is 103 Å². The van der Waals surface area contributed by atoms with Crippen LogP contribution in [0.2, 0.25) is 5.02 Å². The molecule has 0 amide bonds. The van der Waals surface area contributed by atoms with Crippen LogP contribution in [0.15, 0.2) is 115 Å². The average molecular weight is 431 g/mol. The Kier molecular flexibility index (Phi) is 4.28. The normalized spacial score (nSPS) is 14.1. The highest BCUT2D eigenvalue weighted by atomic mass is 35.5. The first-order valence-corrected chi connectivity index (χ1v) is 11.1. The van der Waals surface area contributed by atoms with Crippen molar-refractivity contribution in [2.75, 3.05) is 0 Å². The van der Waals surface area contributed by atoms with Crippen LogP contribution >= 0.6 is 11.6 Å². The van der Waals surface area contributed by atoms with E-state index in [1.54, 1.807) is 0 Å². The van der Waals surface area contributed by atoms with Gasteiger partial charge in [-0.15, -0.1) is 0 Å². The van der Waals surface area contributed by atoms with Gasteiger partial charge in [-0.05, 0) is 57.3 Å². The van der Waals surface area contributed by atoms with Gasteiger partial charge in [0.25, 0.3) is 0 Å². The second-order valence-corrected chi connectivity index (χ2v) is 8.68. The van der Waals surface area contributed by atoms with Crippen LogP contribution in [-0.2, 0) is 5.41 Å². The minimum absolute atomic E-state index is 0.0192. The van der Waals surface area contributed by atoms with E-state index in [0.717, 1.165) is 38.6 Å². The molecule has 0 aromatic heterocycles. The van der Waals surface area contributed by atoms with Gasteiger partial charge >= 0.3 is 0 Å². The number of hydrogen-bond donors (Lipinski definition) is 0. The molecule has 0 bridgehead atoms. The van der Waals surface area contributed by atoms with Gasteiger partial charge in [0.1, 0.15) is 0 Å². The van der Waals surface area contributed by atoms with Crippen molar-refractivity contribution in [3.8, 4) is 0 Å². The van der Waals surface area contributed by atoms with Crippen molar-refractivity contribution >= 4 is 28.2 Å². The molecule has 0 fully saturated rings. The van der Waals surface area contributed by atoms with Gasteiger partial charge in [0, 0.05) is 16.1 Å². The van der Waals surface area contributed by atoms with Crippen LogP contribution in [0.1, 0.15) is 38.2 Å². The van der Waals surface area contributed by atoms with E-state index in [0.29, 0.717) is 10.6 Å². The number of fused-ring (bicyclic) bond motifs is 3. The quantitative estimate of drug-likeness (QED) is 0.279. The maximum atomic E-state index is 13.8. The molecule has 1 nitrogen and oxygen atoms in total. The van der Waals surface area contributed by atoms with Crippen molar-refractivity contribution in [2.24, 2.45) is 0 Å². The van der Waals surface area contributed by atoms with Crippen LogP contribution in [0.5, 0.6) is 0 Å². The van der Waals surface area contributed by atoms with Gasteiger partial charge in [0.15, 0.2) is 5.78 Å². The van der Waals surface area contributed by atoms with E-state index in [1.165, 1.54) is 0 Å². The summed E-state index contributed by atoms with van der Waals surface area (Å²) in [5.41, 5.74) is 4.98. The Morgan fingerprint density at radius 2 is 1.06 bits per heavy atom. The molecule has 0 heterocycles. The van der Waals surface area contributed by atoms with Crippen LogP contribution < -0.4 is 0 Å². The highest BCUT2D eigenvalue weighted by molar-refractivity contribution is 6.31. The minimum Gasteiger partial charge on any atom is -0.289 e. The van der Waals surface area contributed by atoms with Crippen molar-refractivity contribution in [3.63, 3.8) is 0 Å². The minimum atomic E-state index is -0.629. The lowest BCUT2D eigenvalue weighted by molar-refractivity contribution is 0.103. The Balaban J connectivity index is 1.85. The number of carbonyl (C=O) groups is 1. The molecule has 1 aliphatic rings. The third kappa shape index (κ3) is 2.62. The standard InChI is InChI=1S/C30H19ClO/c31-24-15-16-27-26(19-24)29(32)25-17-20-9-7-8-10-21(20)18-28(25)30(27,22-11-3-1-4-12-22)23-13-5-2-6-14-23/h1-19H. The molecule has 2 heteroatoms. The molecule has 32 heavy (non-hydrogen) atoms. The van der Waals surface area contributed by atoms with Crippen LogP contribution in [0.3, 0.4) is 0 Å². The van der Waals surface area contributed by atoms with Gasteiger partial charge in [-0.2, -0.15) is 0 Å². The Morgan fingerprint density at radius 3 is 1.69 bits per heavy atom. The predicted molar refractivity (Wildman–Crippen MR) is 131 cm³/mol. The summed E-state index contributed by atoms with van der Waals surface area (Å²) in [7, 11) is 0. The second kappa shape index (κ2) is 7.19. The summed E-state index contributed by atoms with van der Waals surface area (Å²) in [4.78, 5) is 13.8. The molecule has 0 radical (unpaired) electrons. The van der Waals surface area contributed by atoms with E-state index in [4.69, 9.17) is 11.6 Å². The fourth-order valence-electron chi connectivity index (χ4n) is 5.22. The lowest BCUT2D eigenvalue weighted by atomic mass is 9.59. The van der Waals surface area contributed by atoms with E-state index in [-0.39, 0.29) is 5.78 Å². The summed E-state index contributed by atoms with van der Waals surface area (Å²) in [6.07, 6.45) is 0. The summed E-state index contributed by atoms with van der Waals surface area (Å²) < 4.78 is 0. The first-order chi connectivity index (χ1) is 15.7.